The lowest BCUT2D eigenvalue weighted by Gasteiger charge is -2.28. The first-order valence-corrected chi connectivity index (χ1v) is 10.1. The normalized spacial score (nSPS) is 18.7. The van der Waals surface area contributed by atoms with E-state index in [-0.39, 0.29) is 11.9 Å². The number of aromatic nitrogens is 1. The van der Waals surface area contributed by atoms with Gasteiger partial charge in [0.05, 0.1) is 12.7 Å². The number of nitrogens with one attached hydrogen (secondary N) is 3. The van der Waals surface area contributed by atoms with Crippen LogP contribution in [0.4, 0.5) is 16.2 Å². The van der Waals surface area contributed by atoms with Gasteiger partial charge in [-0.3, -0.25) is 9.78 Å². The van der Waals surface area contributed by atoms with Crippen molar-refractivity contribution < 1.29 is 14.3 Å². The highest BCUT2D eigenvalue weighted by molar-refractivity contribution is 6.04. The highest BCUT2D eigenvalue weighted by Crippen LogP contribution is 2.26. The predicted molar refractivity (Wildman–Crippen MR) is 113 cm³/mol. The number of rotatable bonds is 7. The van der Waals surface area contributed by atoms with E-state index in [2.05, 4.69) is 27.9 Å². The summed E-state index contributed by atoms with van der Waals surface area (Å²) in [5.74, 6) is 0.353. The van der Waals surface area contributed by atoms with E-state index in [1.54, 1.807) is 48.8 Å². The van der Waals surface area contributed by atoms with E-state index in [1.165, 1.54) is 19.3 Å². The van der Waals surface area contributed by atoms with Gasteiger partial charge in [-0.25, -0.2) is 4.79 Å². The van der Waals surface area contributed by atoms with Crippen LogP contribution in [0.3, 0.4) is 0 Å². The zero-order chi connectivity index (χ0) is 20.5. The Bertz CT molecular complexity index is 813. The second-order valence-corrected chi connectivity index (χ2v) is 7.32. The van der Waals surface area contributed by atoms with Crippen LogP contribution in [0.1, 0.15) is 43.0 Å². The van der Waals surface area contributed by atoms with Crippen molar-refractivity contribution in [3.8, 4) is 0 Å². The molecule has 0 aliphatic heterocycles. The van der Waals surface area contributed by atoms with Crippen LogP contribution < -0.4 is 16.0 Å². The Morgan fingerprint density at radius 2 is 1.79 bits per heavy atom. The minimum absolute atomic E-state index is 0.233. The third-order valence-corrected chi connectivity index (χ3v) is 5.07. The molecule has 0 bridgehead atoms. The zero-order valence-corrected chi connectivity index (χ0v) is 16.7. The van der Waals surface area contributed by atoms with Gasteiger partial charge in [0.1, 0.15) is 0 Å². The number of carbonyl (C=O) groups is 2. The molecule has 1 fully saturated rings. The fraction of sp³-hybridized carbons (Fsp3) is 0.409. The number of urea groups is 1. The number of amides is 3. The van der Waals surface area contributed by atoms with Crippen LogP contribution in [-0.4, -0.2) is 36.2 Å². The Morgan fingerprint density at radius 3 is 2.55 bits per heavy atom. The van der Waals surface area contributed by atoms with Crippen molar-refractivity contribution in [3.63, 3.8) is 0 Å². The van der Waals surface area contributed by atoms with Crippen LogP contribution in [0.2, 0.25) is 0 Å². The first-order valence-electron chi connectivity index (χ1n) is 10.1. The van der Waals surface area contributed by atoms with Crippen LogP contribution in [0, 0.1) is 5.92 Å². The lowest BCUT2D eigenvalue weighted by atomic mass is 9.88. The van der Waals surface area contributed by atoms with Gasteiger partial charge < -0.3 is 20.7 Å². The van der Waals surface area contributed by atoms with E-state index >= 15 is 0 Å². The molecule has 1 aromatic heterocycles. The Hall–Kier alpha value is -2.93. The number of nitrogens with zero attached hydrogens (tertiary/aromatic N) is 1. The van der Waals surface area contributed by atoms with Gasteiger partial charge in [0.15, 0.2) is 0 Å². The highest BCUT2D eigenvalue weighted by atomic mass is 16.5. The molecular formula is C22H28N4O3. The molecule has 2 atom stereocenters. The molecule has 154 valence electrons. The predicted octanol–water partition coefficient (Wildman–Crippen LogP) is 4.05. The van der Waals surface area contributed by atoms with Gasteiger partial charge in [0.25, 0.3) is 5.91 Å². The number of anilines is 2. The smallest absolute Gasteiger partial charge is 0.319 e. The van der Waals surface area contributed by atoms with Crippen molar-refractivity contribution >= 4 is 23.3 Å². The summed E-state index contributed by atoms with van der Waals surface area (Å²) in [5, 5.41) is 8.38. The van der Waals surface area contributed by atoms with Crippen molar-refractivity contribution in [2.75, 3.05) is 23.8 Å². The van der Waals surface area contributed by atoms with Crippen LogP contribution in [0.25, 0.3) is 0 Å². The third-order valence-electron chi connectivity index (χ3n) is 5.07. The molecule has 1 heterocycles. The fourth-order valence-corrected chi connectivity index (χ4v) is 3.46. The van der Waals surface area contributed by atoms with E-state index in [9.17, 15) is 9.59 Å². The van der Waals surface area contributed by atoms with Crippen LogP contribution in [-0.2, 0) is 4.74 Å². The van der Waals surface area contributed by atoms with Gasteiger partial charge in [-0.1, -0.05) is 25.8 Å². The molecule has 0 radical (unpaired) electrons. The topological polar surface area (TPSA) is 92.4 Å². The number of hydrogen-bond acceptors (Lipinski definition) is 4. The molecule has 0 spiro atoms. The lowest BCUT2D eigenvalue weighted by Crippen LogP contribution is -2.34. The fourth-order valence-electron chi connectivity index (χ4n) is 3.46. The molecule has 1 aliphatic carbocycles. The average Bonchev–Trinajstić information content (AvgIpc) is 2.73. The summed E-state index contributed by atoms with van der Waals surface area (Å²) < 4.78 is 5.91. The van der Waals surface area contributed by atoms with Crippen molar-refractivity contribution in [1.82, 2.24) is 10.3 Å². The Kier molecular flexibility index (Phi) is 7.58. The maximum Gasteiger partial charge on any atom is 0.319 e. The SMILES string of the molecule is C[C@@H]1CCCC[C@H]1OCCNC(=O)Nc1cccc(NC(=O)c2ccncc2)c1. The molecule has 3 rings (SSSR count). The molecular weight excluding hydrogens is 368 g/mol. The first kappa shape index (κ1) is 20.8. The summed E-state index contributed by atoms with van der Waals surface area (Å²) in [5.41, 5.74) is 1.71. The molecule has 0 unspecified atom stereocenters. The Labute approximate surface area is 171 Å². The second-order valence-electron chi connectivity index (χ2n) is 7.32. The van der Waals surface area contributed by atoms with Gasteiger partial charge in [0, 0.05) is 35.9 Å². The van der Waals surface area contributed by atoms with E-state index in [4.69, 9.17) is 4.74 Å². The quantitative estimate of drug-likeness (QED) is 0.616. The van der Waals surface area contributed by atoms with Gasteiger partial charge >= 0.3 is 6.03 Å². The summed E-state index contributed by atoms with van der Waals surface area (Å²) in [6.07, 6.45) is 8.25. The molecule has 1 aromatic carbocycles. The second kappa shape index (κ2) is 10.6. The number of ether oxygens (including phenoxy) is 1. The standard InChI is InChI=1S/C22H28N4O3/c1-16-5-2-3-8-20(16)29-14-13-24-22(28)26-19-7-4-6-18(15-19)25-21(27)17-9-11-23-12-10-17/h4,6-7,9-12,15-16,20H,2-3,5,8,13-14H2,1H3,(H,25,27)(H2,24,26,28)/t16-,20-/m1/s1. The Balaban J connectivity index is 1.42. The largest absolute Gasteiger partial charge is 0.376 e. The molecule has 7 heteroatoms. The molecule has 29 heavy (non-hydrogen) atoms. The molecule has 1 saturated carbocycles. The molecule has 0 saturated heterocycles. The van der Waals surface area contributed by atoms with E-state index in [0.717, 1.165) is 6.42 Å². The van der Waals surface area contributed by atoms with Crippen LogP contribution >= 0.6 is 0 Å². The lowest BCUT2D eigenvalue weighted by molar-refractivity contribution is -0.00232. The van der Waals surface area contributed by atoms with Crippen LogP contribution in [0.5, 0.6) is 0 Å². The number of pyridine rings is 1. The van der Waals surface area contributed by atoms with Crippen molar-refractivity contribution in [2.45, 2.75) is 38.7 Å². The van der Waals surface area contributed by atoms with Crippen molar-refractivity contribution in [2.24, 2.45) is 5.92 Å². The van der Waals surface area contributed by atoms with Gasteiger partial charge in [-0.15, -0.1) is 0 Å². The minimum Gasteiger partial charge on any atom is -0.376 e. The molecule has 2 aromatic rings. The number of carbonyl (C=O) groups excluding carboxylic acids is 2. The first-order chi connectivity index (χ1) is 14.1. The van der Waals surface area contributed by atoms with E-state index in [1.807, 2.05) is 0 Å². The van der Waals surface area contributed by atoms with Gasteiger partial charge in [0.2, 0.25) is 0 Å². The Morgan fingerprint density at radius 1 is 1.07 bits per heavy atom. The summed E-state index contributed by atoms with van der Waals surface area (Å²) in [6, 6.07) is 9.98. The monoisotopic (exact) mass is 396 g/mol. The van der Waals surface area contributed by atoms with Gasteiger partial charge in [-0.05, 0) is 49.1 Å². The summed E-state index contributed by atoms with van der Waals surface area (Å²) >= 11 is 0. The molecule has 3 N–H and O–H groups in total. The van der Waals surface area contributed by atoms with Crippen molar-refractivity contribution in [3.05, 3.63) is 54.4 Å². The van der Waals surface area contributed by atoms with Crippen LogP contribution in [0.15, 0.2) is 48.8 Å². The minimum atomic E-state index is -0.303. The summed E-state index contributed by atoms with van der Waals surface area (Å²) in [4.78, 5) is 28.2. The zero-order valence-electron chi connectivity index (χ0n) is 16.7. The summed E-state index contributed by atoms with van der Waals surface area (Å²) in [6.45, 7) is 3.18. The van der Waals surface area contributed by atoms with E-state index < -0.39 is 0 Å². The average molecular weight is 396 g/mol. The molecule has 3 amide bonds. The van der Waals surface area contributed by atoms with Gasteiger partial charge in [-0.2, -0.15) is 0 Å². The molecule has 1 aliphatic rings. The number of hydrogen-bond donors (Lipinski definition) is 3. The maximum absolute atomic E-state index is 12.2. The number of benzene rings is 1. The van der Waals surface area contributed by atoms with Crippen molar-refractivity contribution in [1.29, 1.82) is 0 Å². The highest BCUT2D eigenvalue weighted by Gasteiger charge is 2.21. The summed E-state index contributed by atoms with van der Waals surface area (Å²) in [7, 11) is 0. The third kappa shape index (κ3) is 6.57. The molecule has 7 nitrogen and oxygen atoms in total. The van der Waals surface area contributed by atoms with E-state index in [0.29, 0.717) is 42.1 Å². The maximum atomic E-state index is 12.2.